The third-order valence-corrected chi connectivity index (χ3v) is 5.14. The van der Waals surface area contributed by atoms with Gasteiger partial charge in [0.15, 0.2) is 0 Å². The molecule has 114 valence electrons. The molecule has 22 heavy (non-hydrogen) atoms. The standard InChI is InChI=1S/C20H21ClS/c1-13(2)16(5)20(19-12-17(21)9-8-15(19)4)22-18-10-6-14(3)7-11-18/h6-12H,1H2,2-5H3/b20-16-. The van der Waals surface area contributed by atoms with Crippen LogP contribution in [0.5, 0.6) is 0 Å². The second kappa shape index (κ2) is 7.21. The molecule has 0 heterocycles. The molecule has 2 aromatic carbocycles. The quantitative estimate of drug-likeness (QED) is 0.427. The molecule has 0 nitrogen and oxygen atoms in total. The molecular formula is C20H21ClS. The Morgan fingerprint density at radius 3 is 2.23 bits per heavy atom. The highest BCUT2D eigenvalue weighted by molar-refractivity contribution is 8.08. The van der Waals surface area contributed by atoms with Gasteiger partial charge in [-0.2, -0.15) is 0 Å². The van der Waals surface area contributed by atoms with Gasteiger partial charge in [0.2, 0.25) is 0 Å². The largest absolute Gasteiger partial charge is 0.0958 e. The molecule has 0 radical (unpaired) electrons. The van der Waals surface area contributed by atoms with E-state index in [0.717, 1.165) is 10.6 Å². The highest BCUT2D eigenvalue weighted by Crippen LogP contribution is 2.40. The second-order valence-corrected chi connectivity index (χ2v) is 7.13. The smallest absolute Gasteiger partial charge is 0.0412 e. The lowest BCUT2D eigenvalue weighted by molar-refractivity contribution is 1.35. The zero-order valence-corrected chi connectivity index (χ0v) is 15.1. The van der Waals surface area contributed by atoms with Crippen molar-refractivity contribution in [2.45, 2.75) is 32.6 Å². The van der Waals surface area contributed by atoms with Gasteiger partial charge < -0.3 is 0 Å². The number of halogens is 1. The summed E-state index contributed by atoms with van der Waals surface area (Å²) in [6.45, 7) is 12.5. The molecule has 0 saturated carbocycles. The topological polar surface area (TPSA) is 0 Å². The van der Waals surface area contributed by atoms with Crippen molar-refractivity contribution in [1.82, 2.24) is 0 Å². The van der Waals surface area contributed by atoms with Crippen LogP contribution in [0.1, 0.15) is 30.5 Å². The molecule has 0 unspecified atom stereocenters. The van der Waals surface area contributed by atoms with Gasteiger partial charge in [-0.15, -0.1) is 0 Å². The highest BCUT2D eigenvalue weighted by atomic mass is 35.5. The Morgan fingerprint density at radius 1 is 1.00 bits per heavy atom. The number of aryl methyl sites for hydroxylation is 2. The number of thioether (sulfide) groups is 1. The molecule has 0 fully saturated rings. The molecule has 0 spiro atoms. The Morgan fingerprint density at radius 2 is 1.64 bits per heavy atom. The zero-order valence-electron chi connectivity index (χ0n) is 13.5. The summed E-state index contributed by atoms with van der Waals surface area (Å²) in [5.41, 5.74) is 5.95. The van der Waals surface area contributed by atoms with E-state index in [0.29, 0.717) is 0 Å². The van der Waals surface area contributed by atoms with Crippen LogP contribution in [0.2, 0.25) is 5.02 Å². The SMILES string of the molecule is C=C(C)/C(C)=C(\Sc1ccc(C)cc1)c1cc(Cl)ccc1C. The fraction of sp³-hybridized carbons (Fsp3) is 0.200. The van der Waals surface area contributed by atoms with E-state index in [2.05, 4.69) is 57.7 Å². The fourth-order valence-electron chi connectivity index (χ4n) is 2.09. The Labute approximate surface area is 142 Å². The van der Waals surface area contributed by atoms with Crippen molar-refractivity contribution >= 4 is 28.3 Å². The lowest BCUT2D eigenvalue weighted by Crippen LogP contribution is -1.91. The van der Waals surface area contributed by atoms with Gasteiger partial charge in [-0.3, -0.25) is 0 Å². The van der Waals surface area contributed by atoms with Crippen molar-refractivity contribution in [2.75, 3.05) is 0 Å². The van der Waals surface area contributed by atoms with Crippen molar-refractivity contribution in [3.05, 3.63) is 81.9 Å². The molecule has 0 aliphatic rings. The Balaban J connectivity index is 2.53. The molecule has 2 rings (SSSR count). The molecule has 2 aromatic rings. The molecule has 0 amide bonds. The predicted molar refractivity (Wildman–Crippen MR) is 101 cm³/mol. The van der Waals surface area contributed by atoms with Crippen LogP contribution < -0.4 is 0 Å². The van der Waals surface area contributed by atoms with Gasteiger partial charge >= 0.3 is 0 Å². The van der Waals surface area contributed by atoms with Crippen molar-refractivity contribution in [1.29, 1.82) is 0 Å². The average molecular weight is 329 g/mol. The third kappa shape index (κ3) is 4.06. The molecule has 0 saturated heterocycles. The van der Waals surface area contributed by atoms with Gasteiger partial charge in [0, 0.05) is 14.8 Å². The normalized spacial score (nSPS) is 12.0. The van der Waals surface area contributed by atoms with E-state index in [4.69, 9.17) is 11.6 Å². The van der Waals surface area contributed by atoms with Crippen LogP contribution in [-0.2, 0) is 0 Å². The van der Waals surface area contributed by atoms with Gasteiger partial charge in [0.1, 0.15) is 0 Å². The van der Waals surface area contributed by atoms with Crippen LogP contribution in [0.4, 0.5) is 0 Å². The van der Waals surface area contributed by atoms with Crippen molar-refractivity contribution in [3.63, 3.8) is 0 Å². The molecule has 0 aliphatic heterocycles. The second-order valence-electron chi connectivity index (χ2n) is 5.61. The minimum atomic E-state index is 0.761. The predicted octanol–water partition coefficient (Wildman–Crippen LogP) is 7.06. The Bertz CT molecular complexity index is 724. The minimum Gasteiger partial charge on any atom is -0.0958 e. The van der Waals surface area contributed by atoms with Crippen LogP contribution in [-0.4, -0.2) is 0 Å². The van der Waals surface area contributed by atoms with E-state index < -0.39 is 0 Å². The molecule has 2 heteroatoms. The summed E-state index contributed by atoms with van der Waals surface area (Å²) in [6, 6.07) is 14.6. The zero-order chi connectivity index (χ0) is 16.3. The molecule has 0 aliphatic carbocycles. The van der Waals surface area contributed by atoms with Gasteiger partial charge in [-0.1, -0.05) is 59.3 Å². The maximum absolute atomic E-state index is 6.21. The summed E-state index contributed by atoms with van der Waals surface area (Å²) in [6.07, 6.45) is 0. The molecule has 0 atom stereocenters. The van der Waals surface area contributed by atoms with Crippen LogP contribution in [0, 0.1) is 13.8 Å². The average Bonchev–Trinajstić information content (AvgIpc) is 2.48. The summed E-state index contributed by atoms with van der Waals surface area (Å²) in [4.78, 5) is 2.44. The first kappa shape index (κ1) is 16.9. The van der Waals surface area contributed by atoms with E-state index in [1.165, 1.54) is 32.1 Å². The van der Waals surface area contributed by atoms with Crippen molar-refractivity contribution in [2.24, 2.45) is 0 Å². The first-order valence-electron chi connectivity index (χ1n) is 7.26. The van der Waals surface area contributed by atoms with Gasteiger partial charge in [0.05, 0.1) is 0 Å². The highest BCUT2D eigenvalue weighted by Gasteiger charge is 2.12. The summed E-state index contributed by atoms with van der Waals surface area (Å²) in [5.74, 6) is 0. The van der Waals surface area contributed by atoms with Gasteiger partial charge in [-0.05, 0) is 68.7 Å². The van der Waals surface area contributed by atoms with E-state index in [-0.39, 0.29) is 0 Å². The van der Waals surface area contributed by atoms with Gasteiger partial charge in [0.25, 0.3) is 0 Å². The Hall–Kier alpha value is -1.44. The van der Waals surface area contributed by atoms with E-state index in [1.54, 1.807) is 11.8 Å². The van der Waals surface area contributed by atoms with E-state index >= 15 is 0 Å². The number of hydrogen-bond donors (Lipinski definition) is 0. The first-order chi connectivity index (χ1) is 10.4. The lowest BCUT2D eigenvalue weighted by atomic mass is 10.0. The van der Waals surface area contributed by atoms with Gasteiger partial charge in [-0.25, -0.2) is 0 Å². The molecular weight excluding hydrogens is 308 g/mol. The van der Waals surface area contributed by atoms with Crippen molar-refractivity contribution < 1.29 is 0 Å². The minimum absolute atomic E-state index is 0.761. The summed E-state index contributed by atoms with van der Waals surface area (Å²) in [5, 5.41) is 0.761. The number of hydrogen-bond acceptors (Lipinski definition) is 1. The maximum Gasteiger partial charge on any atom is 0.0412 e. The monoisotopic (exact) mass is 328 g/mol. The van der Waals surface area contributed by atoms with E-state index in [1.807, 2.05) is 19.1 Å². The summed E-state index contributed by atoms with van der Waals surface area (Å²) < 4.78 is 0. The first-order valence-corrected chi connectivity index (χ1v) is 8.45. The molecule has 0 bridgehead atoms. The summed E-state index contributed by atoms with van der Waals surface area (Å²) in [7, 11) is 0. The number of allylic oxidation sites excluding steroid dienone is 2. The Kier molecular flexibility index (Phi) is 5.55. The maximum atomic E-state index is 6.21. The van der Waals surface area contributed by atoms with Crippen molar-refractivity contribution in [3.8, 4) is 0 Å². The molecule has 0 N–H and O–H groups in total. The van der Waals surface area contributed by atoms with E-state index in [9.17, 15) is 0 Å². The number of benzene rings is 2. The summed E-state index contributed by atoms with van der Waals surface area (Å²) >= 11 is 7.98. The van der Waals surface area contributed by atoms with Crippen LogP contribution in [0.15, 0.2) is 65.1 Å². The van der Waals surface area contributed by atoms with Crippen LogP contribution in [0.3, 0.4) is 0 Å². The van der Waals surface area contributed by atoms with Crippen LogP contribution in [0.25, 0.3) is 4.91 Å². The fourth-order valence-corrected chi connectivity index (χ4v) is 3.43. The third-order valence-electron chi connectivity index (χ3n) is 3.67. The molecule has 0 aromatic heterocycles. The number of rotatable bonds is 4. The lowest BCUT2D eigenvalue weighted by Gasteiger charge is -2.15. The van der Waals surface area contributed by atoms with Crippen LogP contribution >= 0.6 is 23.4 Å².